The smallest absolute Gasteiger partial charge is 0.280 e. The average Bonchev–Trinajstić information content (AvgIpc) is 3.13. The van der Waals surface area contributed by atoms with Gasteiger partial charge in [-0.3, -0.25) is 4.79 Å². The number of rotatable bonds is 8. The Balaban J connectivity index is 1.87. The van der Waals surface area contributed by atoms with E-state index in [1.165, 1.54) is 12.5 Å². The molecule has 0 spiro atoms. The number of ether oxygens (including phenoxy) is 1. The Labute approximate surface area is 158 Å². The molecule has 0 aliphatic carbocycles. The maximum atomic E-state index is 11.9. The van der Waals surface area contributed by atoms with Crippen LogP contribution < -0.4 is 10.2 Å². The Morgan fingerprint density at radius 1 is 1.33 bits per heavy atom. The Morgan fingerprint density at radius 3 is 2.78 bits per heavy atom. The SMILES string of the molecule is COc1ccccc1/C=N/NC(=O)CO/N=C(\Cn1cncn1)C(C)(C)C. The summed E-state index contributed by atoms with van der Waals surface area (Å²) in [6, 6.07) is 7.35. The summed E-state index contributed by atoms with van der Waals surface area (Å²) < 4.78 is 6.85. The number of amides is 1. The summed E-state index contributed by atoms with van der Waals surface area (Å²) in [6.07, 6.45) is 4.56. The third kappa shape index (κ3) is 6.53. The molecule has 0 atom stereocenters. The van der Waals surface area contributed by atoms with Crippen molar-refractivity contribution < 1.29 is 14.4 Å². The maximum Gasteiger partial charge on any atom is 0.280 e. The third-order valence-electron chi connectivity index (χ3n) is 3.55. The van der Waals surface area contributed by atoms with Crippen molar-refractivity contribution in [3.63, 3.8) is 0 Å². The van der Waals surface area contributed by atoms with Crippen LogP contribution in [0.5, 0.6) is 5.75 Å². The molecule has 0 unspecified atom stereocenters. The van der Waals surface area contributed by atoms with E-state index in [4.69, 9.17) is 9.57 Å². The predicted molar refractivity (Wildman–Crippen MR) is 102 cm³/mol. The summed E-state index contributed by atoms with van der Waals surface area (Å²) in [7, 11) is 1.57. The van der Waals surface area contributed by atoms with Crippen molar-refractivity contribution in [3.8, 4) is 5.75 Å². The zero-order chi connectivity index (χ0) is 19.7. The van der Waals surface area contributed by atoms with Crippen LogP contribution in [-0.2, 0) is 16.2 Å². The number of nitrogens with zero attached hydrogens (tertiary/aromatic N) is 5. The summed E-state index contributed by atoms with van der Waals surface area (Å²) in [5.41, 5.74) is 3.63. The van der Waals surface area contributed by atoms with Crippen LogP contribution in [0.4, 0.5) is 0 Å². The first-order chi connectivity index (χ1) is 12.9. The molecule has 1 aromatic carbocycles. The molecule has 0 saturated heterocycles. The average molecular weight is 372 g/mol. The number of oxime groups is 1. The van der Waals surface area contributed by atoms with E-state index in [-0.39, 0.29) is 12.0 Å². The number of aromatic nitrogens is 3. The van der Waals surface area contributed by atoms with Gasteiger partial charge in [0.25, 0.3) is 5.91 Å². The van der Waals surface area contributed by atoms with E-state index >= 15 is 0 Å². The van der Waals surface area contributed by atoms with Crippen LogP contribution in [0.3, 0.4) is 0 Å². The van der Waals surface area contributed by atoms with Gasteiger partial charge in [-0.15, -0.1) is 0 Å². The van der Waals surface area contributed by atoms with Crippen LogP contribution in [0, 0.1) is 5.41 Å². The van der Waals surface area contributed by atoms with E-state index in [0.29, 0.717) is 12.3 Å². The van der Waals surface area contributed by atoms with Crippen molar-refractivity contribution in [1.29, 1.82) is 0 Å². The van der Waals surface area contributed by atoms with Crippen LogP contribution in [0.25, 0.3) is 0 Å². The molecular formula is C18H24N6O3. The third-order valence-corrected chi connectivity index (χ3v) is 3.55. The minimum Gasteiger partial charge on any atom is -0.496 e. The van der Waals surface area contributed by atoms with Crippen LogP contribution in [0.2, 0.25) is 0 Å². The van der Waals surface area contributed by atoms with Gasteiger partial charge in [-0.2, -0.15) is 10.2 Å². The van der Waals surface area contributed by atoms with Gasteiger partial charge in [-0.25, -0.2) is 15.1 Å². The number of para-hydroxylation sites is 1. The normalized spacial score (nSPS) is 12.2. The highest BCUT2D eigenvalue weighted by Crippen LogP contribution is 2.17. The monoisotopic (exact) mass is 372 g/mol. The van der Waals surface area contributed by atoms with Gasteiger partial charge >= 0.3 is 0 Å². The second kappa shape index (κ2) is 9.46. The molecule has 1 N–H and O–H groups in total. The minimum atomic E-state index is -0.418. The lowest BCUT2D eigenvalue weighted by molar-refractivity contribution is -0.125. The van der Waals surface area contributed by atoms with Crippen LogP contribution in [-0.4, -0.2) is 46.3 Å². The molecule has 0 aliphatic heterocycles. The number of methoxy groups -OCH3 is 1. The lowest BCUT2D eigenvalue weighted by Gasteiger charge is -2.20. The van der Waals surface area contributed by atoms with Crippen LogP contribution in [0.1, 0.15) is 26.3 Å². The Hall–Kier alpha value is -3.23. The number of carbonyl (C=O) groups excluding carboxylic acids is 1. The second-order valence-electron chi connectivity index (χ2n) is 6.69. The quantitative estimate of drug-likeness (QED) is 0.563. The molecule has 0 aliphatic rings. The number of hydrogen-bond donors (Lipinski definition) is 1. The first-order valence-electron chi connectivity index (χ1n) is 8.37. The van der Waals surface area contributed by atoms with Gasteiger partial charge in [-0.05, 0) is 12.1 Å². The second-order valence-corrected chi connectivity index (χ2v) is 6.69. The molecular weight excluding hydrogens is 348 g/mol. The van der Waals surface area contributed by atoms with Crippen LogP contribution in [0.15, 0.2) is 47.2 Å². The zero-order valence-electron chi connectivity index (χ0n) is 15.9. The number of hydrazone groups is 1. The molecule has 144 valence electrons. The molecule has 2 aromatic rings. The summed E-state index contributed by atoms with van der Waals surface area (Å²) in [5, 5.41) is 12.1. The summed E-state index contributed by atoms with van der Waals surface area (Å²) in [4.78, 5) is 21.0. The zero-order valence-corrected chi connectivity index (χ0v) is 15.9. The number of carbonyl (C=O) groups is 1. The maximum absolute atomic E-state index is 11.9. The van der Waals surface area contributed by atoms with Gasteiger partial charge in [0.05, 0.1) is 25.6 Å². The van der Waals surface area contributed by atoms with Crippen molar-refractivity contribution in [3.05, 3.63) is 42.5 Å². The van der Waals surface area contributed by atoms with E-state index < -0.39 is 5.91 Å². The standard InChI is InChI=1S/C18H24N6O3/c1-18(2,3)16(10-24-13-19-12-21-24)23-27-11-17(25)22-20-9-14-7-5-6-8-15(14)26-4/h5-9,12-13H,10-11H2,1-4H3,(H,22,25)/b20-9+,23-16+. The topological polar surface area (TPSA) is 103 Å². The van der Waals surface area contributed by atoms with Gasteiger partial charge in [0, 0.05) is 11.0 Å². The van der Waals surface area contributed by atoms with E-state index in [0.717, 1.165) is 11.3 Å². The van der Waals surface area contributed by atoms with Crippen molar-refractivity contribution >= 4 is 17.8 Å². The highest BCUT2D eigenvalue weighted by atomic mass is 16.6. The molecule has 0 saturated carbocycles. The van der Waals surface area contributed by atoms with E-state index in [2.05, 4.69) is 25.8 Å². The Kier molecular flexibility index (Phi) is 7.04. The molecule has 27 heavy (non-hydrogen) atoms. The number of nitrogens with one attached hydrogen (secondary N) is 1. The van der Waals surface area contributed by atoms with Crippen molar-refractivity contribution in [2.24, 2.45) is 15.7 Å². The summed E-state index contributed by atoms with van der Waals surface area (Å²) in [6.45, 7) is 6.19. The van der Waals surface area contributed by atoms with Crippen molar-refractivity contribution in [1.82, 2.24) is 20.2 Å². The first-order valence-corrected chi connectivity index (χ1v) is 8.37. The molecule has 9 nitrogen and oxygen atoms in total. The van der Waals surface area contributed by atoms with Gasteiger partial charge in [0.15, 0.2) is 6.61 Å². The minimum absolute atomic E-state index is 0.246. The molecule has 0 bridgehead atoms. The van der Waals surface area contributed by atoms with E-state index in [1.807, 2.05) is 45.0 Å². The first kappa shape index (κ1) is 20.1. The molecule has 9 heteroatoms. The van der Waals surface area contributed by atoms with Gasteiger partial charge in [-0.1, -0.05) is 38.1 Å². The highest BCUT2D eigenvalue weighted by molar-refractivity contribution is 5.88. The fourth-order valence-corrected chi connectivity index (χ4v) is 2.02. The van der Waals surface area contributed by atoms with E-state index in [9.17, 15) is 4.79 Å². The number of benzene rings is 1. The molecule has 1 heterocycles. The largest absolute Gasteiger partial charge is 0.496 e. The fraction of sp³-hybridized carbons (Fsp3) is 0.389. The Morgan fingerprint density at radius 2 is 2.11 bits per heavy atom. The predicted octanol–water partition coefficient (Wildman–Crippen LogP) is 1.86. The molecule has 0 radical (unpaired) electrons. The van der Waals surface area contributed by atoms with Gasteiger partial charge in [0.1, 0.15) is 18.4 Å². The lowest BCUT2D eigenvalue weighted by atomic mass is 9.90. The van der Waals surface area contributed by atoms with Crippen molar-refractivity contribution in [2.45, 2.75) is 27.3 Å². The summed E-state index contributed by atoms with van der Waals surface area (Å²) >= 11 is 0. The fourth-order valence-electron chi connectivity index (χ4n) is 2.02. The Bertz CT molecular complexity index is 794. The summed E-state index contributed by atoms with van der Waals surface area (Å²) in [5.74, 6) is 0.248. The van der Waals surface area contributed by atoms with Crippen LogP contribution >= 0.6 is 0 Å². The van der Waals surface area contributed by atoms with Gasteiger partial charge < -0.3 is 9.57 Å². The van der Waals surface area contributed by atoms with Crippen molar-refractivity contribution in [2.75, 3.05) is 13.7 Å². The molecule has 0 fully saturated rings. The highest BCUT2D eigenvalue weighted by Gasteiger charge is 2.21. The van der Waals surface area contributed by atoms with Gasteiger partial charge in [0.2, 0.25) is 0 Å². The lowest BCUT2D eigenvalue weighted by Crippen LogP contribution is -2.27. The molecule has 2 rings (SSSR count). The molecule has 1 aromatic heterocycles. The number of hydrogen-bond acceptors (Lipinski definition) is 7. The van der Waals surface area contributed by atoms with E-state index in [1.54, 1.807) is 18.1 Å². The molecule has 1 amide bonds.